The standard InChI is InChI=1S/C24H32BNO5/c1-23(2)18-11-10-17(19(23)12-18)13-26-14-20(27)30-25(4,31-21(28)15-26)24(3)22(29-24)16-8-6-5-7-9-16/h5-9,17-19,22H,4,10-15H2,1-3H3/t17?,18?,19-,22+,24-/m1/s1. The summed E-state index contributed by atoms with van der Waals surface area (Å²) in [5.41, 5.74) is 0.357. The Balaban J connectivity index is 1.27. The molecule has 3 aliphatic carbocycles. The molecule has 5 fully saturated rings. The molecule has 0 amide bonds. The number of nitrogens with zero attached hydrogens (tertiary/aromatic N) is 1. The van der Waals surface area contributed by atoms with Gasteiger partial charge in [0.05, 0.1) is 19.2 Å². The monoisotopic (exact) mass is 425 g/mol. The number of hydrogen-bond donors (Lipinski definition) is 0. The van der Waals surface area contributed by atoms with Crippen LogP contribution in [0.25, 0.3) is 0 Å². The van der Waals surface area contributed by atoms with Crippen LogP contribution in [-0.4, -0.2) is 48.5 Å². The average Bonchev–Trinajstić information content (AvgIpc) is 3.41. The summed E-state index contributed by atoms with van der Waals surface area (Å²) in [7, 11) is 0. The van der Waals surface area contributed by atoms with Gasteiger partial charge in [-0.3, -0.25) is 14.5 Å². The Labute approximate surface area is 184 Å². The lowest BCUT2D eigenvalue weighted by atomic mass is 9.45. The van der Waals surface area contributed by atoms with Crippen LogP contribution >= 0.6 is 0 Å². The third-order valence-electron chi connectivity index (χ3n) is 8.65. The van der Waals surface area contributed by atoms with Crippen molar-refractivity contribution < 1.29 is 23.6 Å². The quantitative estimate of drug-likeness (QED) is 0.419. The molecule has 2 aliphatic heterocycles. The SMILES string of the molecule is [CH2+][B-]1([C@]2(C)O[C@H]2c2ccccc2)OC(=O)CN(CC2CCC3C[C@H]2C3(C)C)CC(=O)O1. The second-order valence-corrected chi connectivity index (χ2v) is 10.8. The second kappa shape index (κ2) is 7.01. The molecule has 0 radical (unpaired) electrons. The van der Waals surface area contributed by atoms with Crippen molar-refractivity contribution >= 4 is 18.5 Å². The Bertz CT molecular complexity index is 867. The van der Waals surface area contributed by atoms with E-state index in [0.29, 0.717) is 17.3 Å². The molecule has 6 nitrogen and oxygen atoms in total. The van der Waals surface area contributed by atoms with Crippen molar-refractivity contribution in [3.63, 3.8) is 0 Å². The van der Waals surface area contributed by atoms with Crippen LogP contribution in [0.1, 0.15) is 51.7 Å². The molecule has 5 aliphatic rings. The van der Waals surface area contributed by atoms with Gasteiger partial charge in [0.2, 0.25) is 0 Å². The zero-order chi connectivity index (χ0) is 22.0. The maximum atomic E-state index is 12.8. The fourth-order valence-electron chi connectivity index (χ4n) is 6.40. The van der Waals surface area contributed by atoms with Gasteiger partial charge >= 0.3 is 6.55 Å². The Morgan fingerprint density at radius 2 is 1.71 bits per heavy atom. The van der Waals surface area contributed by atoms with E-state index in [9.17, 15) is 9.59 Å². The fourth-order valence-corrected chi connectivity index (χ4v) is 6.40. The number of rotatable bonds is 4. The molecule has 5 atom stereocenters. The van der Waals surface area contributed by atoms with Gasteiger partial charge in [0.1, 0.15) is 5.50 Å². The van der Waals surface area contributed by atoms with E-state index in [1.807, 2.05) is 35.2 Å². The minimum absolute atomic E-state index is 0.0767. The number of benzene rings is 1. The van der Waals surface area contributed by atoms with E-state index in [4.69, 9.17) is 14.0 Å². The van der Waals surface area contributed by atoms with Crippen molar-refractivity contribution in [3.05, 3.63) is 42.7 Å². The van der Waals surface area contributed by atoms with Crippen LogP contribution in [0.4, 0.5) is 0 Å². The molecular weight excluding hydrogens is 393 g/mol. The van der Waals surface area contributed by atoms with Crippen LogP contribution < -0.4 is 0 Å². The van der Waals surface area contributed by atoms with E-state index in [1.165, 1.54) is 12.8 Å². The highest BCUT2D eigenvalue weighted by atomic mass is 16.7. The maximum Gasteiger partial charge on any atom is 0.586 e. The van der Waals surface area contributed by atoms with Gasteiger partial charge < -0.3 is 14.0 Å². The van der Waals surface area contributed by atoms with Crippen LogP contribution in [0.2, 0.25) is 0 Å². The molecule has 2 bridgehead atoms. The molecule has 2 heterocycles. The third-order valence-corrected chi connectivity index (χ3v) is 8.65. The molecule has 31 heavy (non-hydrogen) atoms. The third kappa shape index (κ3) is 3.37. The highest BCUT2D eigenvalue weighted by molar-refractivity contribution is 6.76. The van der Waals surface area contributed by atoms with Gasteiger partial charge in [0, 0.05) is 6.54 Å². The second-order valence-electron chi connectivity index (χ2n) is 10.8. The van der Waals surface area contributed by atoms with Crippen LogP contribution in [0.15, 0.2) is 30.3 Å². The van der Waals surface area contributed by atoms with Crippen molar-refractivity contribution in [1.29, 1.82) is 0 Å². The average molecular weight is 425 g/mol. The van der Waals surface area contributed by atoms with Crippen LogP contribution in [0, 0.1) is 30.0 Å². The topological polar surface area (TPSA) is 68.4 Å². The van der Waals surface area contributed by atoms with Crippen molar-refractivity contribution in [2.45, 2.75) is 51.6 Å². The minimum atomic E-state index is -2.51. The predicted molar refractivity (Wildman–Crippen MR) is 117 cm³/mol. The summed E-state index contributed by atoms with van der Waals surface area (Å²) in [6.07, 6.45) is 3.34. The lowest BCUT2D eigenvalue weighted by molar-refractivity contribution is -0.150. The number of carbonyl (C=O) groups excluding carboxylic acids is 2. The van der Waals surface area contributed by atoms with Crippen LogP contribution in [0.3, 0.4) is 0 Å². The summed E-state index contributed by atoms with van der Waals surface area (Å²) < 4.78 is 17.4. The van der Waals surface area contributed by atoms with Gasteiger partial charge in [-0.15, -0.1) is 0 Å². The Morgan fingerprint density at radius 1 is 1.06 bits per heavy atom. The first-order chi connectivity index (χ1) is 14.6. The molecule has 1 aromatic carbocycles. The Hall–Kier alpha value is -1.99. The molecule has 2 unspecified atom stereocenters. The molecule has 0 spiro atoms. The normalized spacial score (nSPS) is 38.8. The zero-order valence-corrected chi connectivity index (χ0v) is 18.7. The lowest BCUT2D eigenvalue weighted by Crippen LogP contribution is -2.60. The van der Waals surface area contributed by atoms with Gasteiger partial charge in [0.25, 0.3) is 11.9 Å². The van der Waals surface area contributed by atoms with Crippen molar-refractivity contribution in [2.24, 2.45) is 23.2 Å². The number of epoxide rings is 1. The van der Waals surface area contributed by atoms with Gasteiger partial charge in [-0.25, -0.2) is 0 Å². The summed E-state index contributed by atoms with van der Waals surface area (Å²) in [5.74, 6) is 1.16. The lowest BCUT2D eigenvalue weighted by Gasteiger charge is -2.60. The van der Waals surface area contributed by atoms with Crippen molar-refractivity contribution in [3.8, 4) is 0 Å². The molecule has 7 heteroatoms. The van der Waals surface area contributed by atoms with Gasteiger partial charge in [-0.05, 0) is 54.8 Å². The van der Waals surface area contributed by atoms with Crippen LogP contribution in [-0.2, 0) is 23.6 Å². The minimum Gasteiger partial charge on any atom is -0.614 e. The van der Waals surface area contributed by atoms with E-state index in [2.05, 4.69) is 20.7 Å². The largest absolute Gasteiger partial charge is 0.614 e. The summed E-state index contributed by atoms with van der Waals surface area (Å²) >= 11 is 0. The molecule has 1 aromatic rings. The highest BCUT2D eigenvalue weighted by Crippen LogP contribution is 2.61. The van der Waals surface area contributed by atoms with Gasteiger partial charge in [0.15, 0.2) is 0 Å². The van der Waals surface area contributed by atoms with Gasteiger partial charge in [-0.1, -0.05) is 51.1 Å². The molecule has 0 aromatic heterocycles. The molecular formula is C24H32BNO5. The molecule has 3 saturated carbocycles. The summed E-state index contributed by atoms with van der Waals surface area (Å²) in [6.45, 7) is 8.93. The number of carbonyl (C=O) groups is 2. The number of fused-ring (bicyclic) bond motifs is 2. The molecule has 6 rings (SSSR count). The summed E-state index contributed by atoms with van der Waals surface area (Å²) in [6, 6.07) is 9.66. The van der Waals surface area contributed by atoms with Crippen LogP contribution in [0.5, 0.6) is 0 Å². The number of ether oxygens (including phenoxy) is 1. The predicted octanol–water partition coefficient (Wildman–Crippen LogP) is 3.35. The molecule has 0 N–H and O–H groups in total. The maximum absolute atomic E-state index is 12.8. The zero-order valence-electron chi connectivity index (χ0n) is 18.7. The molecule has 166 valence electrons. The van der Waals surface area contributed by atoms with E-state index in [1.54, 1.807) is 6.92 Å². The summed E-state index contributed by atoms with van der Waals surface area (Å²) in [4.78, 5) is 27.5. The van der Waals surface area contributed by atoms with E-state index < -0.39 is 24.0 Å². The van der Waals surface area contributed by atoms with E-state index in [0.717, 1.165) is 24.4 Å². The van der Waals surface area contributed by atoms with Crippen molar-refractivity contribution in [1.82, 2.24) is 4.90 Å². The van der Waals surface area contributed by atoms with E-state index >= 15 is 0 Å². The highest BCUT2D eigenvalue weighted by Gasteiger charge is 2.72. The van der Waals surface area contributed by atoms with Crippen molar-refractivity contribution in [2.75, 3.05) is 19.6 Å². The first-order valence-corrected chi connectivity index (χ1v) is 11.5. The number of hydrogen-bond acceptors (Lipinski definition) is 6. The fraction of sp³-hybridized carbons (Fsp3) is 0.625. The smallest absolute Gasteiger partial charge is 0.586 e. The van der Waals surface area contributed by atoms with Gasteiger partial charge in [-0.2, -0.15) is 0 Å². The molecule has 2 saturated heterocycles. The Morgan fingerprint density at radius 3 is 2.29 bits per heavy atom. The first kappa shape index (κ1) is 20.9. The first-order valence-electron chi connectivity index (χ1n) is 11.5. The Kier molecular flexibility index (Phi) is 4.72. The van der Waals surface area contributed by atoms with E-state index in [-0.39, 0.29) is 19.2 Å². The summed E-state index contributed by atoms with van der Waals surface area (Å²) in [5, 5.41) is 0.